The van der Waals surface area contributed by atoms with Crippen LogP contribution in [0.2, 0.25) is 0 Å². The van der Waals surface area contributed by atoms with E-state index >= 15 is 0 Å². The number of hydrogen-bond donors (Lipinski definition) is 2. The predicted molar refractivity (Wildman–Crippen MR) is 98.1 cm³/mol. The van der Waals surface area contributed by atoms with E-state index in [0.29, 0.717) is 5.69 Å². The van der Waals surface area contributed by atoms with Gasteiger partial charge >= 0.3 is 0 Å². The highest BCUT2D eigenvalue weighted by molar-refractivity contribution is 7.92. The highest BCUT2D eigenvalue weighted by atomic mass is 32.2. The summed E-state index contributed by atoms with van der Waals surface area (Å²) in [6.45, 7) is 0. The van der Waals surface area contributed by atoms with E-state index in [0.717, 1.165) is 25.0 Å². The standard InChI is InChI=1S/C18H19FN2O5S/c1-25-15-9-14(19)17(10-16(15)26-2)27(23,24)21-13-5-3-4-12(8-13)20-18(22)11-6-7-11/h3-5,8-11,21H,6-7H2,1-2H3,(H,20,22). The Hall–Kier alpha value is -2.81. The highest BCUT2D eigenvalue weighted by Crippen LogP contribution is 2.33. The van der Waals surface area contributed by atoms with Gasteiger partial charge in [-0.05, 0) is 31.0 Å². The Morgan fingerprint density at radius 3 is 2.33 bits per heavy atom. The van der Waals surface area contributed by atoms with Gasteiger partial charge in [-0.1, -0.05) is 6.07 Å². The Bertz CT molecular complexity index is 974. The molecule has 0 bridgehead atoms. The minimum absolute atomic E-state index is 0.0196. The van der Waals surface area contributed by atoms with Crippen LogP contribution in [0.15, 0.2) is 41.3 Å². The van der Waals surface area contributed by atoms with Crippen LogP contribution in [0.5, 0.6) is 11.5 Å². The largest absolute Gasteiger partial charge is 0.493 e. The number of carbonyl (C=O) groups is 1. The minimum atomic E-state index is -4.22. The fourth-order valence-corrected chi connectivity index (χ4v) is 3.63. The Morgan fingerprint density at radius 1 is 1.07 bits per heavy atom. The van der Waals surface area contributed by atoms with Crippen LogP contribution in [0, 0.1) is 11.7 Å². The second-order valence-electron chi connectivity index (χ2n) is 6.09. The molecule has 144 valence electrons. The third-order valence-electron chi connectivity index (χ3n) is 4.06. The molecule has 0 heterocycles. The first-order valence-corrected chi connectivity index (χ1v) is 9.67. The molecule has 0 spiro atoms. The van der Waals surface area contributed by atoms with E-state index in [1.807, 2.05) is 0 Å². The second-order valence-corrected chi connectivity index (χ2v) is 7.74. The van der Waals surface area contributed by atoms with Gasteiger partial charge in [0.15, 0.2) is 11.5 Å². The fraction of sp³-hybridized carbons (Fsp3) is 0.278. The summed E-state index contributed by atoms with van der Waals surface area (Å²) in [5.41, 5.74) is 0.651. The molecule has 0 aromatic heterocycles. The molecule has 27 heavy (non-hydrogen) atoms. The van der Waals surface area contributed by atoms with Crippen LogP contribution in [0.1, 0.15) is 12.8 Å². The molecule has 1 fully saturated rings. The number of benzene rings is 2. The van der Waals surface area contributed by atoms with Gasteiger partial charge < -0.3 is 14.8 Å². The van der Waals surface area contributed by atoms with Crippen molar-refractivity contribution in [2.45, 2.75) is 17.7 Å². The zero-order chi connectivity index (χ0) is 19.6. The van der Waals surface area contributed by atoms with Crippen LogP contribution < -0.4 is 19.5 Å². The molecule has 2 N–H and O–H groups in total. The van der Waals surface area contributed by atoms with Crippen molar-refractivity contribution in [2.75, 3.05) is 24.3 Å². The molecule has 1 aliphatic carbocycles. The molecule has 1 saturated carbocycles. The summed E-state index contributed by atoms with van der Waals surface area (Å²) in [6.07, 6.45) is 1.72. The number of rotatable bonds is 7. The van der Waals surface area contributed by atoms with Crippen LogP contribution in [0.25, 0.3) is 0 Å². The van der Waals surface area contributed by atoms with Crippen molar-refractivity contribution in [3.8, 4) is 11.5 Å². The Kier molecular flexibility index (Phi) is 5.22. The molecule has 1 aliphatic rings. The number of sulfonamides is 1. The number of carbonyl (C=O) groups excluding carboxylic acids is 1. The molecular formula is C18H19FN2O5S. The van der Waals surface area contributed by atoms with Gasteiger partial charge in [-0.25, -0.2) is 12.8 Å². The molecule has 2 aromatic carbocycles. The molecule has 0 aliphatic heterocycles. The maximum Gasteiger partial charge on any atom is 0.264 e. The summed E-state index contributed by atoms with van der Waals surface area (Å²) in [5, 5.41) is 2.73. The average molecular weight is 394 g/mol. The van der Waals surface area contributed by atoms with Crippen LogP contribution >= 0.6 is 0 Å². The van der Waals surface area contributed by atoms with Crippen molar-refractivity contribution in [1.82, 2.24) is 0 Å². The summed E-state index contributed by atoms with van der Waals surface area (Å²) in [4.78, 5) is 11.3. The number of hydrogen-bond acceptors (Lipinski definition) is 5. The zero-order valence-electron chi connectivity index (χ0n) is 14.8. The molecular weight excluding hydrogens is 375 g/mol. The maximum atomic E-state index is 14.3. The van der Waals surface area contributed by atoms with Crippen LogP contribution in [0.3, 0.4) is 0 Å². The van der Waals surface area contributed by atoms with Gasteiger partial charge in [-0.3, -0.25) is 9.52 Å². The summed E-state index contributed by atoms with van der Waals surface area (Å²) in [6, 6.07) is 8.20. The summed E-state index contributed by atoms with van der Waals surface area (Å²) in [5.74, 6) is -0.881. The topological polar surface area (TPSA) is 93.7 Å². The van der Waals surface area contributed by atoms with E-state index in [2.05, 4.69) is 10.0 Å². The number of halogens is 1. The zero-order valence-corrected chi connectivity index (χ0v) is 15.6. The van der Waals surface area contributed by atoms with Crippen molar-refractivity contribution in [3.05, 3.63) is 42.2 Å². The SMILES string of the molecule is COc1cc(F)c(S(=O)(=O)Nc2cccc(NC(=O)C3CC3)c2)cc1OC. The Morgan fingerprint density at radius 2 is 1.70 bits per heavy atom. The molecule has 9 heteroatoms. The summed E-state index contributed by atoms with van der Waals surface area (Å²) >= 11 is 0. The van der Waals surface area contributed by atoms with Crippen LogP contribution in [0.4, 0.5) is 15.8 Å². The van der Waals surface area contributed by atoms with Crippen LogP contribution in [-0.2, 0) is 14.8 Å². The van der Waals surface area contributed by atoms with Crippen molar-refractivity contribution in [2.24, 2.45) is 5.92 Å². The molecule has 7 nitrogen and oxygen atoms in total. The monoisotopic (exact) mass is 394 g/mol. The van der Waals surface area contributed by atoms with Gasteiger partial charge in [0, 0.05) is 23.7 Å². The molecule has 0 atom stereocenters. The first-order valence-electron chi connectivity index (χ1n) is 8.19. The quantitative estimate of drug-likeness (QED) is 0.753. The number of amides is 1. The lowest BCUT2D eigenvalue weighted by Gasteiger charge is -2.13. The molecule has 1 amide bonds. The first-order chi connectivity index (χ1) is 12.8. The number of anilines is 2. The lowest BCUT2D eigenvalue weighted by atomic mass is 10.2. The Balaban J connectivity index is 1.85. The van der Waals surface area contributed by atoms with E-state index in [-0.39, 0.29) is 29.0 Å². The van der Waals surface area contributed by atoms with E-state index < -0.39 is 20.7 Å². The lowest BCUT2D eigenvalue weighted by Crippen LogP contribution is -2.16. The van der Waals surface area contributed by atoms with E-state index in [9.17, 15) is 17.6 Å². The summed E-state index contributed by atoms with van der Waals surface area (Å²) in [7, 11) is -1.57. The van der Waals surface area contributed by atoms with Gasteiger partial charge in [-0.15, -0.1) is 0 Å². The van der Waals surface area contributed by atoms with Gasteiger partial charge in [0.05, 0.1) is 19.9 Å². The molecule has 3 rings (SSSR count). The predicted octanol–water partition coefficient (Wildman–Crippen LogP) is 2.99. The average Bonchev–Trinajstić information content (AvgIpc) is 3.46. The second kappa shape index (κ2) is 7.43. The lowest BCUT2D eigenvalue weighted by molar-refractivity contribution is -0.117. The van der Waals surface area contributed by atoms with Crippen molar-refractivity contribution in [3.63, 3.8) is 0 Å². The normalized spacial score (nSPS) is 13.7. The van der Waals surface area contributed by atoms with E-state index in [1.54, 1.807) is 12.1 Å². The number of nitrogens with one attached hydrogen (secondary N) is 2. The van der Waals surface area contributed by atoms with Crippen molar-refractivity contribution in [1.29, 1.82) is 0 Å². The van der Waals surface area contributed by atoms with Crippen LogP contribution in [-0.4, -0.2) is 28.5 Å². The molecule has 0 radical (unpaired) electrons. The summed E-state index contributed by atoms with van der Waals surface area (Å²) < 4.78 is 51.8. The Labute approximate surface area is 156 Å². The third-order valence-corrected chi connectivity index (χ3v) is 5.45. The molecule has 2 aromatic rings. The van der Waals surface area contributed by atoms with Crippen molar-refractivity contribution < 1.29 is 27.1 Å². The van der Waals surface area contributed by atoms with E-state index in [4.69, 9.17) is 9.47 Å². The minimum Gasteiger partial charge on any atom is -0.493 e. The van der Waals surface area contributed by atoms with E-state index in [1.165, 1.54) is 26.4 Å². The molecule has 0 saturated heterocycles. The fourth-order valence-electron chi connectivity index (χ4n) is 2.50. The maximum absolute atomic E-state index is 14.3. The van der Waals surface area contributed by atoms with Gasteiger partial charge in [0.1, 0.15) is 10.7 Å². The van der Waals surface area contributed by atoms with Gasteiger partial charge in [0.2, 0.25) is 5.91 Å². The smallest absolute Gasteiger partial charge is 0.264 e. The van der Waals surface area contributed by atoms with Gasteiger partial charge in [0.25, 0.3) is 10.0 Å². The number of ether oxygens (including phenoxy) is 2. The van der Waals surface area contributed by atoms with Crippen molar-refractivity contribution >= 4 is 27.3 Å². The number of methoxy groups -OCH3 is 2. The first kappa shape index (κ1) is 19.0. The molecule has 0 unspecified atom stereocenters. The van der Waals surface area contributed by atoms with Gasteiger partial charge in [-0.2, -0.15) is 0 Å². The third kappa shape index (κ3) is 4.30. The highest BCUT2D eigenvalue weighted by Gasteiger charge is 2.29.